The summed E-state index contributed by atoms with van der Waals surface area (Å²) in [6.45, 7) is 15.5. The first kappa shape index (κ1) is 14.5. The van der Waals surface area contributed by atoms with E-state index >= 15 is 0 Å². The van der Waals surface area contributed by atoms with Gasteiger partial charge in [-0.25, -0.2) is 0 Å². The van der Waals surface area contributed by atoms with Gasteiger partial charge in [0.2, 0.25) is 0 Å². The van der Waals surface area contributed by atoms with Gasteiger partial charge in [0.05, 0.1) is 0 Å². The normalized spacial score (nSPS) is 10.5. The first-order valence-corrected chi connectivity index (χ1v) is 5.12. The van der Waals surface area contributed by atoms with Gasteiger partial charge in [-0.2, -0.15) is 0 Å². The summed E-state index contributed by atoms with van der Waals surface area (Å²) in [5, 5.41) is 3.28. The fraction of sp³-hybridized carbons (Fsp3) is 1.00. The topological polar surface area (TPSA) is 12.0 Å². The summed E-state index contributed by atoms with van der Waals surface area (Å²) in [5.74, 6) is 0. The lowest BCUT2D eigenvalue weighted by molar-refractivity contribution is 0.469. The molecule has 0 aromatic heterocycles. The van der Waals surface area contributed by atoms with Crippen molar-refractivity contribution in [2.24, 2.45) is 5.41 Å². The van der Waals surface area contributed by atoms with Crippen molar-refractivity contribution in [3.05, 3.63) is 0 Å². The summed E-state index contributed by atoms with van der Waals surface area (Å²) in [6.07, 6.45) is 2.50. The second-order valence-corrected chi connectivity index (χ2v) is 4.75. The van der Waals surface area contributed by atoms with E-state index in [1.165, 1.54) is 25.9 Å². The fourth-order valence-electron chi connectivity index (χ4n) is 0.479. The lowest BCUT2D eigenvalue weighted by atomic mass is 10.0. The highest BCUT2D eigenvalue weighted by Crippen LogP contribution is 2.07. The van der Waals surface area contributed by atoms with Gasteiger partial charge in [0.25, 0.3) is 0 Å². The van der Waals surface area contributed by atoms with E-state index in [1.807, 2.05) is 0 Å². The Kier molecular flexibility index (Phi) is 10.9. The summed E-state index contributed by atoms with van der Waals surface area (Å²) in [7, 11) is 0. The Bertz CT molecular complexity index is 61.6. The summed E-state index contributed by atoms with van der Waals surface area (Å²) in [5.41, 5.74) is 0.500. The van der Waals surface area contributed by atoms with Crippen LogP contribution in [0.3, 0.4) is 0 Å². The minimum Gasteiger partial charge on any atom is -0.317 e. The maximum atomic E-state index is 3.28. The van der Waals surface area contributed by atoms with Gasteiger partial charge in [-0.3, -0.25) is 0 Å². The van der Waals surface area contributed by atoms with Gasteiger partial charge in [-0.05, 0) is 31.3 Å². The van der Waals surface area contributed by atoms with Crippen LogP contribution < -0.4 is 5.32 Å². The van der Waals surface area contributed by atoms with Crippen molar-refractivity contribution in [2.75, 3.05) is 13.1 Å². The van der Waals surface area contributed by atoms with Crippen molar-refractivity contribution in [3.8, 4) is 0 Å². The predicted molar refractivity (Wildman–Crippen MR) is 58.6 cm³/mol. The van der Waals surface area contributed by atoms with E-state index in [1.54, 1.807) is 0 Å². The summed E-state index contributed by atoms with van der Waals surface area (Å²) in [6, 6.07) is 0. The Balaban J connectivity index is 0. The van der Waals surface area contributed by atoms with Gasteiger partial charge in [0, 0.05) is 0 Å². The van der Waals surface area contributed by atoms with Crippen LogP contribution in [0.4, 0.5) is 0 Å². The Hall–Kier alpha value is -0.0400. The second-order valence-electron chi connectivity index (χ2n) is 4.75. The second kappa shape index (κ2) is 9.05. The van der Waals surface area contributed by atoms with Crippen LogP contribution >= 0.6 is 0 Å². The average Bonchev–Trinajstić information content (AvgIpc) is 1.85. The molecule has 0 atom stereocenters. The lowest BCUT2D eigenvalue weighted by Gasteiger charge is -2.05. The van der Waals surface area contributed by atoms with Crippen LogP contribution in [0.2, 0.25) is 0 Å². The van der Waals surface area contributed by atoms with Crippen LogP contribution in [0, 0.1) is 5.41 Å². The SMILES string of the molecule is CC(C)(C)C.CCCNCCC. The molecule has 0 unspecified atom stereocenters. The molecule has 0 spiro atoms. The van der Waals surface area contributed by atoms with E-state index in [0.29, 0.717) is 5.41 Å². The molecule has 0 radical (unpaired) electrons. The van der Waals surface area contributed by atoms with Gasteiger partial charge < -0.3 is 5.32 Å². The molecule has 0 saturated heterocycles. The molecule has 0 aromatic rings. The van der Waals surface area contributed by atoms with Gasteiger partial charge in [-0.15, -0.1) is 0 Å². The van der Waals surface area contributed by atoms with Crippen molar-refractivity contribution in [2.45, 2.75) is 54.4 Å². The number of rotatable bonds is 4. The maximum Gasteiger partial charge on any atom is -0.00516 e. The molecule has 0 saturated carbocycles. The molecule has 1 nitrogen and oxygen atoms in total. The minimum atomic E-state index is 0.500. The van der Waals surface area contributed by atoms with Crippen molar-refractivity contribution in [1.82, 2.24) is 5.32 Å². The summed E-state index contributed by atoms with van der Waals surface area (Å²) < 4.78 is 0. The Morgan fingerprint density at radius 2 is 1.08 bits per heavy atom. The molecule has 0 fully saturated rings. The lowest BCUT2D eigenvalue weighted by Crippen LogP contribution is -2.14. The molecular formula is C11H27N. The monoisotopic (exact) mass is 173 g/mol. The van der Waals surface area contributed by atoms with Crippen molar-refractivity contribution in [3.63, 3.8) is 0 Å². The molecule has 0 heterocycles. The summed E-state index contributed by atoms with van der Waals surface area (Å²) >= 11 is 0. The quantitative estimate of drug-likeness (QED) is 0.642. The van der Waals surface area contributed by atoms with E-state index in [2.05, 4.69) is 46.9 Å². The van der Waals surface area contributed by atoms with Gasteiger partial charge in [-0.1, -0.05) is 41.5 Å². The van der Waals surface area contributed by atoms with Crippen molar-refractivity contribution < 1.29 is 0 Å². The van der Waals surface area contributed by atoms with Crippen molar-refractivity contribution in [1.29, 1.82) is 0 Å². The Morgan fingerprint density at radius 1 is 0.833 bits per heavy atom. The van der Waals surface area contributed by atoms with E-state index in [0.717, 1.165) is 0 Å². The van der Waals surface area contributed by atoms with Crippen LogP contribution in [0.25, 0.3) is 0 Å². The molecule has 1 heteroatoms. The molecular weight excluding hydrogens is 146 g/mol. The predicted octanol–water partition coefficient (Wildman–Crippen LogP) is 3.45. The van der Waals surface area contributed by atoms with Crippen LogP contribution in [0.15, 0.2) is 0 Å². The highest BCUT2D eigenvalue weighted by Gasteiger charge is 1.95. The fourth-order valence-corrected chi connectivity index (χ4v) is 0.479. The van der Waals surface area contributed by atoms with Gasteiger partial charge >= 0.3 is 0 Å². The Morgan fingerprint density at radius 3 is 1.25 bits per heavy atom. The third kappa shape index (κ3) is 51.0. The van der Waals surface area contributed by atoms with E-state index < -0.39 is 0 Å². The summed E-state index contributed by atoms with van der Waals surface area (Å²) in [4.78, 5) is 0. The standard InChI is InChI=1S/C6H15N.C5H12/c1-3-5-7-6-4-2;1-5(2,3)4/h7H,3-6H2,1-2H3;1-4H3. The third-order valence-electron chi connectivity index (χ3n) is 0.854. The van der Waals surface area contributed by atoms with E-state index in [-0.39, 0.29) is 0 Å². The van der Waals surface area contributed by atoms with Crippen LogP contribution in [0.5, 0.6) is 0 Å². The molecule has 0 bridgehead atoms. The molecule has 12 heavy (non-hydrogen) atoms. The number of hydrogen-bond acceptors (Lipinski definition) is 1. The first-order valence-electron chi connectivity index (χ1n) is 5.12. The average molecular weight is 173 g/mol. The zero-order valence-corrected chi connectivity index (χ0v) is 9.83. The zero-order valence-electron chi connectivity index (χ0n) is 9.83. The van der Waals surface area contributed by atoms with Gasteiger partial charge in [0.15, 0.2) is 0 Å². The Labute approximate surface area is 78.9 Å². The largest absolute Gasteiger partial charge is 0.317 e. The molecule has 0 aromatic carbocycles. The van der Waals surface area contributed by atoms with Crippen LogP contribution in [-0.4, -0.2) is 13.1 Å². The molecule has 76 valence electrons. The smallest absolute Gasteiger partial charge is 0.00516 e. The number of hydrogen-bond donors (Lipinski definition) is 1. The zero-order chi connectivity index (χ0) is 10.0. The molecule has 0 aliphatic rings. The third-order valence-corrected chi connectivity index (χ3v) is 0.854. The molecule has 0 aliphatic carbocycles. The highest BCUT2D eigenvalue weighted by atomic mass is 14.8. The van der Waals surface area contributed by atoms with Crippen molar-refractivity contribution >= 4 is 0 Å². The van der Waals surface area contributed by atoms with Crippen LogP contribution in [-0.2, 0) is 0 Å². The van der Waals surface area contributed by atoms with E-state index in [4.69, 9.17) is 0 Å². The first-order chi connectivity index (χ1) is 5.41. The molecule has 0 amide bonds. The maximum absolute atomic E-state index is 3.28. The van der Waals surface area contributed by atoms with Gasteiger partial charge in [0.1, 0.15) is 0 Å². The van der Waals surface area contributed by atoms with E-state index in [9.17, 15) is 0 Å². The molecule has 0 aliphatic heterocycles. The van der Waals surface area contributed by atoms with Crippen LogP contribution in [0.1, 0.15) is 54.4 Å². The number of nitrogens with one attached hydrogen (secondary N) is 1. The minimum absolute atomic E-state index is 0.500. The highest BCUT2D eigenvalue weighted by molar-refractivity contribution is 4.47. The molecule has 1 N–H and O–H groups in total. The molecule has 0 rings (SSSR count).